The van der Waals surface area contributed by atoms with Gasteiger partial charge in [0.05, 0.1) is 13.0 Å². The van der Waals surface area contributed by atoms with Crippen molar-refractivity contribution in [2.45, 2.75) is 13.3 Å². The van der Waals surface area contributed by atoms with E-state index in [1.165, 1.54) is 0 Å². The molecule has 1 aromatic carbocycles. The van der Waals surface area contributed by atoms with E-state index in [4.69, 9.17) is 16.2 Å². The molecule has 4 N–H and O–H groups in total. The third-order valence-corrected chi connectivity index (χ3v) is 1.86. The number of rotatable bonds is 4. The highest BCUT2D eigenvalue weighted by atomic mass is 16.5. The Labute approximate surface area is 82.8 Å². The highest BCUT2D eigenvalue weighted by Gasteiger charge is 1.99. The number of ether oxygens (including phenoxy) is 1. The zero-order valence-electron chi connectivity index (χ0n) is 8.12. The molecule has 76 valence electrons. The predicted octanol–water partition coefficient (Wildman–Crippen LogP) is 0.831. The molecule has 0 radical (unpaired) electrons. The minimum Gasteiger partial charge on any atom is -0.493 e. The van der Waals surface area contributed by atoms with Gasteiger partial charge in [0.25, 0.3) is 0 Å². The maximum Gasteiger partial charge on any atom is 0.220 e. The Morgan fingerprint density at radius 2 is 2.21 bits per heavy atom. The Balaban J connectivity index is 2.51. The predicted molar refractivity (Wildman–Crippen MR) is 54.9 cm³/mol. The van der Waals surface area contributed by atoms with Crippen LogP contribution in [0.2, 0.25) is 0 Å². The van der Waals surface area contributed by atoms with E-state index < -0.39 is 0 Å². The molecule has 0 saturated heterocycles. The highest BCUT2D eigenvalue weighted by Crippen LogP contribution is 2.18. The quantitative estimate of drug-likeness (QED) is 0.697. The number of amides is 1. The van der Waals surface area contributed by atoms with Gasteiger partial charge in [-0.1, -0.05) is 0 Å². The van der Waals surface area contributed by atoms with Crippen LogP contribution in [-0.2, 0) is 4.79 Å². The van der Waals surface area contributed by atoms with Crippen molar-refractivity contribution in [3.8, 4) is 5.75 Å². The lowest BCUT2D eigenvalue weighted by Crippen LogP contribution is -2.14. The zero-order chi connectivity index (χ0) is 10.6. The maximum atomic E-state index is 10.4. The first kappa shape index (κ1) is 10.4. The lowest BCUT2D eigenvalue weighted by molar-refractivity contribution is -0.118. The van der Waals surface area contributed by atoms with Gasteiger partial charge in [0.2, 0.25) is 5.91 Å². The second-order valence-corrected chi connectivity index (χ2v) is 3.08. The van der Waals surface area contributed by atoms with Crippen molar-refractivity contribution in [3.63, 3.8) is 0 Å². The van der Waals surface area contributed by atoms with Crippen molar-refractivity contribution < 1.29 is 9.53 Å². The summed E-state index contributed by atoms with van der Waals surface area (Å²) >= 11 is 0. The smallest absolute Gasteiger partial charge is 0.220 e. The fourth-order valence-corrected chi connectivity index (χ4v) is 1.01. The summed E-state index contributed by atoms with van der Waals surface area (Å²) in [5, 5.41) is 0. The van der Waals surface area contributed by atoms with Gasteiger partial charge in [0.15, 0.2) is 0 Å². The Hall–Kier alpha value is -1.71. The molecular formula is C10H14N2O2. The summed E-state index contributed by atoms with van der Waals surface area (Å²) in [7, 11) is 0. The first-order valence-corrected chi connectivity index (χ1v) is 4.37. The molecule has 0 saturated carbocycles. The molecule has 4 nitrogen and oxygen atoms in total. The van der Waals surface area contributed by atoms with Crippen molar-refractivity contribution >= 4 is 11.6 Å². The minimum atomic E-state index is -0.364. The Bertz CT molecular complexity index is 337. The van der Waals surface area contributed by atoms with Crippen LogP contribution >= 0.6 is 0 Å². The van der Waals surface area contributed by atoms with Crippen LogP contribution < -0.4 is 16.2 Å². The van der Waals surface area contributed by atoms with Crippen LogP contribution in [0, 0.1) is 6.92 Å². The average Bonchev–Trinajstić information content (AvgIpc) is 2.10. The molecule has 4 heteroatoms. The van der Waals surface area contributed by atoms with Crippen LogP contribution in [0.4, 0.5) is 5.69 Å². The van der Waals surface area contributed by atoms with Gasteiger partial charge in [-0.25, -0.2) is 0 Å². The van der Waals surface area contributed by atoms with E-state index in [-0.39, 0.29) is 12.3 Å². The number of carbonyl (C=O) groups is 1. The molecule has 0 spiro atoms. The zero-order valence-corrected chi connectivity index (χ0v) is 8.12. The van der Waals surface area contributed by atoms with Crippen LogP contribution in [0.15, 0.2) is 18.2 Å². The molecular weight excluding hydrogens is 180 g/mol. The van der Waals surface area contributed by atoms with Crippen LogP contribution in [-0.4, -0.2) is 12.5 Å². The van der Waals surface area contributed by atoms with Gasteiger partial charge >= 0.3 is 0 Å². The van der Waals surface area contributed by atoms with Crippen LogP contribution in [0.1, 0.15) is 12.0 Å². The Morgan fingerprint density at radius 3 is 2.79 bits per heavy atom. The van der Waals surface area contributed by atoms with Gasteiger partial charge in [-0.3, -0.25) is 4.79 Å². The average molecular weight is 194 g/mol. The number of carbonyl (C=O) groups excluding carboxylic acids is 1. The molecule has 0 aliphatic carbocycles. The van der Waals surface area contributed by atoms with Crippen molar-refractivity contribution in [2.24, 2.45) is 5.73 Å². The monoisotopic (exact) mass is 194 g/mol. The Morgan fingerprint density at radius 1 is 1.50 bits per heavy atom. The number of primary amides is 1. The molecule has 0 aliphatic heterocycles. The van der Waals surface area contributed by atoms with Crippen LogP contribution in [0.25, 0.3) is 0 Å². The van der Waals surface area contributed by atoms with Crippen LogP contribution in [0.5, 0.6) is 5.75 Å². The van der Waals surface area contributed by atoms with Crippen molar-refractivity contribution in [1.29, 1.82) is 0 Å². The number of aryl methyl sites for hydroxylation is 1. The van der Waals surface area contributed by atoms with Crippen molar-refractivity contribution in [3.05, 3.63) is 23.8 Å². The summed E-state index contributed by atoms with van der Waals surface area (Å²) in [6.45, 7) is 2.20. The second-order valence-electron chi connectivity index (χ2n) is 3.08. The molecule has 0 atom stereocenters. The number of nitrogens with two attached hydrogens (primary N) is 2. The molecule has 0 heterocycles. The molecule has 14 heavy (non-hydrogen) atoms. The van der Waals surface area contributed by atoms with Crippen molar-refractivity contribution in [2.75, 3.05) is 12.3 Å². The molecule has 0 bridgehead atoms. The molecule has 0 unspecified atom stereocenters. The van der Waals surface area contributed by atoms with Gasteiger partial charge in [-0.2, -0.15) is 0 Å². The van der Waals surface area contributed by atoms with E-state index in [1.54, 1.807) is 12.1 Å². The van der Waals surface area contributed by atoms with Gasteiger partial charge in [0.1, 0.15) is 5.75 Å². The first-order valence-electron chi connectivity index (χ1n) is 4.37. The van der Waals surface area contributed by atoms with Gasteiger partial charge in [-0.15, -0.1) is 0 Å². The van der Waals surface area contributed by atoms with Crippen molar-refractivity contribution in [1.82, 2.24) is 0 Å². The summed E-state index contributed by atoms with van der Waals surface area (Å²) < 4.78 is 5.30. The van der Waals surface area contributed by atoms with Gasteiger partial charge < -0.3 is 16.2 Å². The number of benzene rings is 1. The minimum absolute atomic E-state index is 0.226. The third kappa shape index (κ3) is 2.97. The lowest BCUT2D eigenvalue weighted by atomic mass is 10.2. The summed E-state index contributed by atoms with van der Waals surface area (Å²) in [6.07, 6.45) is 0.226. The summed E-state index contributed by atoms with van der Waals surface area (Å²) in [4.78, 5) is 10.4. The number of hydrogen-bond acceptors (Lipinski definition) is 3. The highest BCUT2D eigenvalue weighted by molar-refractivity contribution is 5.73. The molecule has 1 aromatic rings. The largest absolute Gasteiger partial charge is 0.493 e. The molecule has 0 aromatic heterocycles. The van der Waals surface area contributed by atoms with E-state index in [2.05, 4.69) is 0 Å². The van der Waals surface area contributed by atoms with Gasteiger partial charge in [-0.05, 0) is 30.7 Å². The van der Waals surface area contributed by atoms with E-state index in [9.17, 15) is 4.79 Å². The number of hydrogen-bond donors (Lipinski definition) is 2. The third-order valence-electron chi connectivity index (χ3n) is 1.86. The molecule has 0 aliphatic rings. The first-order chi connectivity index (χ1) is 6.59. The molecule has 0 fully saturated rings. The number of nitrogen functional groups attached to an aromatic ring is 1. The fraction of sp³-hybridized carbons (Fsp3) is 0.300. The SMILES string of the molecule is Cc1cc(OCCC(N)=O)ccc1N. The standard InChI is InChI=1S/C10H14N2O2/c1-7-6-8(2-3-9(7)11)14-5-4-10(12)13/h2-3,6H,4-5,11H2,1H3,(H2,12,13). The summed E-state index contributed by atoms with van der Waals surface area (Å²) in [5.74, 6) is 0.343. The second kappa shape index (κ2) is 4.50. The topological polar surface area (TPSA) is 78.3 Å². The van der Waals surface area contributed by atoms with E-state index in [0.29, 0.717) is 12.4 Å². The maximum absolute atomic E-state index is 10.4. The lowest BCUT2D eigenvalue weighted by Gasteiger charge is -2.06. The normalized spacial score (nSPS) is 9.79. The fourth-order valence-electron chi connectivity index (χ4n) is 1.01. The van der Waals surface area contributed by atoms with Gasteiger partial charge in [0, 0.05) is 5.69 Å². The molecule has 1 rings (SSSR count). The van der Waals surface area contributed by atoms with E-state index in [0.717, 1.165) is 11.3 Å². The summed E-state index contributed by atoms with van der Waals surface area (Å²) in [6, 6.07) is 5.37. The Kier molecular flexibility index (Phi) is 3.34. The number of anilines is 1. The van der Waals surface area contributed by atoms with E-state index >= 15 is 0 Å². The summed E-state index contributed by atoms with van der Waals surface area (Å²) in [5.41, 5.74) is 12.3. The molecule has 1 amide bonds. The van der Waals surface area contributed by atoms with Crippen LogP contribution in [0.3, 0.4) is 0 Å². The van der Waals surface area contributed by atoms with E-state index in [1.807, 2.05) is 13.0 Å².